The molecule has 2 aromatic heterocycles. The molecule has 0 aliphatic rings. The predicted octanol–water partition coefficient (Wildman–Crippen LogP) is 3.94. The first-order valence-electron chi connectivity index (χ1n) is 10.1. The highest BCUT2D eigenvalue weighted by Crippen LogP contribution is 2.25. The van der Waals surface area contributed by atoms with Gasteiger partial charge in [0.1, 0.15) is 4.90 Å². The van der Waals surface area contributed by atoms with Crippen LogP contribution in [-0.4, -0.2) is 27.8 Å². The average Bonchev–Trinajstić information content (AvgIpc) is 3.15. The van der Waals surface area contributed by atoms with E-state index < -0.39 is 21.6 Å². The van der Waals surface area contributed by atoms with Gasteiger partial charge in [0.2, 0.25) is 0 Å². The highest BCUT2D eigenvalue weighted by Gasteiger charge is 2.28. The van der Waals surface area contributed by atoms with Gasteiger partial charge in [0.25, 0.3) is 15.9 Å². The Bertz CT molecular complexity index is 1710. The minimum absolute atomic E-state index is 0.108. The number of allylic oxidation sites excluding steroid dienone is 1. The lowest BCUT2D eigenvalue weighted by Crippen LogP contribution is -2.32. The highest BCUT2D eigenvalue weighted by molar-refractivity contribution is 7.90. The number of carbonyl (C=O) groups is 1. The molecule has 0 aliphatic heterocycles. The molecule has 0 saturated heterocycles. The van der Waals surface area contributed by atoms with Crippen molar-refractivity contribution >= 4 is 43.9 Å². The summed E-state index contributed by atoms with van der Waals surface area (Å²) in [7, 11) is -4.36. The molecule has 0 bridgehead atoms. The Morgan fingerprint density at radius 2 is 1.52 bits per heavy atom. The van der Waals surface area contributed by atoms with E-state index in [0.717, 1.165) is 10.1 Å². The van der Waals surface area contributed by atoms with Crippen molar-refractivity contribution in [2.45, 2.75) is 4.90 Å². The fourth-order valence-corrected chi connectivity index (χ4v) is 5.32. The molecule has 162 valence electrons. The van der Waals surface area contributed by atoms with Crippen LogP contribution >= 0.6 is 0 Å². The summed E-state index contributed by atoms with van der Waals surface area (Å²) >= 11 is 0. The zero-order valence-electron chi connectivity index (χ0n) is 17.2. The lowest BCUT2D eigenvalue weighted by Gasteiger charge is -2.08. The fourth-order valence-electron chi connectivity index (χ4n) is 3.76. The van der Waals surface area contributed by atoms with Gasteiger partial charge in [-0.2, -0.15) is 3.97 Å². The number of nitrogens with zero attached hydrogens (tertiary/aromatic N) is 3. The molecule has 7 nitrogen and oxygen atoms in total. The molecule has 33 heavy (non-hydrogen) atoms. The SMILES string of the molecule is O=C(/C=C/c1ccccc1)n1c(=O)n(S(=O)(=O)c2cccc3cccnc23)c2ccccc21. The number of benzene rings is 3. The van der Waals surface area contributed by atoms with Gasteiger partial charge in [-0.1, -0.05) is 60.7 Å². The second kappa shape index (κ2) is 7.99. The van der Waals surface area contributed by atoms with E-state index in [4.69, 9.17) is 0 Å². The van der Waals surface area contributed by atoms with Crippen LogP contribution < -0.4 is 5.69 Å². The summed E-state index contributed by atoms with van der Waals surface area (Å²) in [6.07, 6.45) is 4.31. The van der Waals surface area contributed by atoms with Gasteiger partial charge in [-0.3, -0.25) is 9.78 Å². The Labute approximate surface area is 188 Å². The zero-order valence-corrected chi connectivity index (χ0v) is 18.0. The molecule has 0 fully saturated rings. The summed E-state index contributed by atoms with van der Waals surface area (Å²) in [5, 5.41) is 0.622. The second-order valence-corrected chi connectivity index (χ2v) is 9.04. The molecule has 5 aromatic rings. The third-order valence-corrected chi connectivity index (χ3v) is 6.98. The topological polar surface area (TPSA) is 91.0 Å². The molecule has 2 heterocycles. The Kier molecular flexibility index (Phi) is 4.99. The van der Waals surface area contributed by atoms with Crippen LogP contribution in [0.4, 0.5) is 0 Å². The number of imidazole rings is 1. The van der Waals surface area contributed by atoms with Gasteiger partial charge in [-0.15, -0.1) is 0 Å². The third kappa shape index (κ3) is 3.46. The van der Waals surface area contributed by atoms with E-state index in [1.807, 2.05) is 30.3 Å². The van der Waals surface area contributed by atoms with E-state index >= 15 is 0 Å². The lowest BCUT2D eigenvalue weighted by molar-refractivity contribution is 0.0970. The number of para-hydroxylation sites is 3. The summed E-state index contributed by atoms with van der Waals surface area (Å²) < 4.78 is 28.9. The maximum Gasteiger partial charge on any atom is 0.350 e. The van der Waals surface area contributed by atoms with Gasteiger partial charge in [0.05, 0.1) is 16.6 Å². The van der Waals surface area contributed by atoms with Crippen molar-refractivity contribution in [1.82, 2.24) is 13.5 Å². The van der Waals surface area contributed by atoms with E-state index in [1.165, 1.54) is 24.4 Å². The van der Waals surface area contributed by atoms with E-state index in [2.05, 4.69) is 4.98 Å². The van der Waals surface area contributed by atoms with Crippen molar-refractivity contribution in [3.8, 4) is 0 Å². The molecule has 0 atom stereocenters. The number of fused-ring (bicyclic) bond motifs is 2. The predicted molar refractivity (Wildman–Crippen MR) is 127 cm³/mol. The largest absolute Gasteiger partial charge is 0.350 e. The minimum Gasteiger partial charge on any atom is -0.269 e. The Morgan fingerprint density at radius 1 is 0.818 bits per heavy atom. The van der Waals surface area contributed by atoms with Crippen LogP contribution in [0, 0.1) is 0 Å². The molecule has 0 amide bonds. The van der Waals surface area contributed by atoms with Crippen molar-refractivity contribution in [2.24, 2.45) is 0 Å². The first-order chi connectivity index (χ1) is 16.0. The Morgan fingerprint density at radius 3 is 2.30 bits per heavy atom. The smallest absolute Gasteiger partial charge is 0.269 e. The number of pyridine rings is 1. The van der Waals surface area contributed by atoms with Crippen LogP contribution in [0.15, 0.2) is 107 Å². The molecule has 3 aromatic carbocycles. The van der Waals surface area contributed by atoms with Gasteiger partial charge >= 0.3 is 5.69 Å². The first-order valence-corrected chi connectivity index (χ1v) is 11.5. The molecular formula is C25H17N3O4S. The maximum atomic E-state index is 13.7. The van der Waals surface area contributed by atoms with Crippen LogP contribution in [0.3, 0.4) is 0 Å². The van der Waals surface area contributed by atoms with Crippen molar-refractivity contribution < 1.29 is 13.2 Å². The number of rotatable bonds is 4. The highest BCUT2D eigenvalue weighted by atomic mass is 32.2. The fraction of sp³-hybridized carbons (Fsp3) is 0. The van der Waals surface area contributed by atoms with Crippen LogP contribution in [0.5, 0.6) is 0 Å². The normalized spacial score (nSPS) is 12.0. The van der Waals surface area contributed by atoms with Gasteiger partial charge in [-0.25, -0.2) is 17.8 Å². The number of hydrogen-bond acceptors (Lipinski definition) is 5. The maximum absolute atomic E-state index is 13.7. The van der Waals surface area contributed by atoms with Crippen LogP contribution in [0.2, 0.25) is 0 Å². The summed E-state index contributed by atoms with van der Waals surface area (Å²) in [6.45, 7) is 0. The number of hydrogen-bond donors (Lipinski definition) is 0. The van der Waals surface area contributed by atoms with E-state index in [9.17, 15) is 18.0 Å². The van der Waals surface area contributed by atoms with Crippen LogP contribution in [0.1, 0.15) is 10.4 Å². The van der Waals surface area contributed by atoms with Crippen molar-refractivity contribution in [3.63, 3.8) is 0 Å². The molecule has 5 rings (SSSR count). The minimum atomic E-state index is -4.36. The van der Waals surface area contributed by atoms with Crippen molar-refractivity contribution in [1.29, 1.82) is 0 Å². The summed E-state index contributed by atoms with van der Waals surface area (Å²) in [5.41, 5.74) is 0.363. The molecular weight excluding hydrogens is 438 g/mol. The quantitative estimate of drug-likeness (QED) is 0.383. The average molecular weight is 455 g/mol. The molecule has 0 aliphatic carbocycles. The first kappa shape index (κ1) is 20.6. The Balaban J connectivity index is 1.72. The monoisotopic (exact) mass is 455 g/mol. The van der Waals surface area contributed by atoms with E-state index in [1.54, 1.807) is 48.5 Å². The molecule has 0 saturated carbocycles. The zero-order chi connectivity index (χ0) is 23.0. The summed E-state index contributed by atoms with van der Waals surface area (Å²) in [4.78, 5) is 30.5. The van der Waals surface area contributed by atoms with Crippen LogP contribution in [0.25, 0.3) is 28.0 Å². The number of aromatic nitrogens is 3. The van der Waals surface area contributed by atoms with Crippen LogP contribution in [-0.2, 0) is 10.0 Å². The van der Waals surface area contributed by atoms with E-state index in [-0.39, 0.29) is 21.4 Å². The molecule has 0 N–H and O–H groups in total. The van der Waals surface area contributed by atoms with Gasteiger partial charge in [-0.05, 0) is 35.9 Å². The second-order valence-electron chi connectivity index (χ2n) is 7.29. The van der Waals surface area contributed by atoms with E-state index in [0.29, 0.717) is 9.36 Å². The molecule has 0 unspecified atom stereocenters. The molecule has 0 radical (unpaired) electrons. The summed E-state index contributed by atoms with van der Waals surface area (Å²) in [6, 6.07) is 23.6. The standard InChI is InChI=1S/C25H17N3O4S/c29-23(16-15-18-8-2-1-3-9-18)27-20-12-4-5-13-21(20)28(25(27)30)33(31,32)22-14-6-10-19-11-7-17-26-24(19)22/h1-17H/b16-15+. The van der Waals surface area contributed by atoms with Gasteiger partial charge in [0, 0.05) is 17.7 Å². The third-order valence-electron chi connectivity index (χ3n) is 5.26. The lowest BCUT2D eigenvalue weighted by atomic mass is 10.2. The number of carbonyl (C=O) groups excluding carboxylic acids is 1. The van der Waals surface area contributed by atoms with Gasteiger partial charge in [0.15, 0.2) is 0 Å². The van der Waals surface area contributed by atoms with Gasteiger partial charge < -0.3 is 0 Å². The molecule has 8 heteroatoms. The van der Waals surface area contributed by atoms with Crippen molar-refractivity contribution in [2.75, 3.05) is 0 Å². The van der Waals surface area contributed by atoms with Crippen molar-refractivity contribution in [3.05, 3.63) is 113 Å². The summed E-state index contributed by atoms with van der Waals surface area (Å²) in [5.74, 6) is -0.648. The molecule has 0 spiro atoms. The Hall–Kier alpha value is -4.30.